The lowest BCUT2D eigenvalue weighted by molar-refractivity contribution is -0.124. The zero-order chi connectivity index (χ0) is 14.1. The van der Waals surface area contributed by atoms with Gasteiger partial charge in [-0.15, -0.1) is 12.4 Å². The lowest BCUT2D eigenvalue weighted by Crippen LogP contribution is -2.38. The number of carbonyl (C=O) groups is 2. The summed E-state index contributed by atoms with van der Waals surface area (Å²) in [6.07, 6.45) is 0. The summed E-state index contributed by atoms with van der Waals surface area (Å²) in [6.45, 7) is 4.78. The summed E-state index contributed by atoms with van der Waals surface area (Å²) >= 11 is 0. The van der Waals surface area contributed by atoms with Crippen LogP contribution in [0, 0.1) is 5.92 Å². The number of nitrogens with one attached hydrogen (secondary N) is 3. The molecule has 6 heteroatoms. The summed E-state index contributed by atoms with van der Waals surface area (Å²) in [7, 11) is 0. The summed E-state index contributed by atoms with van der Waals surface area (Å²) in [5.74, 6) is -0.130. The first-order valence-corrected chi connectivity index (χ1v) is 6.43. The highest BCUT2D eigenvalue weighted by Gasteiger charge is 2.05. The van der Waals surface area contributed by atoms with E-state index in [2.05, 4.69) is 16.0 Å². The third-order valence-corrected chi connectivity index (χ3v) is 2.50. The molecule has 0 atom stereocenters. The predicted molar refractivity (Wildman–Crippen MR) is 83.0 cm³/mol. The molecule has 0 aliphatic rings. The molecule has 0 saturated heterocycles. The molecular weight excluding hydrogens is 278 g/mol. The summed E-state index contributed by atoms with van der Waals surface area (Å²) in [5, 5.41) is 8.48. The number of halogens is 1. The van der Waals surface area contributed by atoms with Crippen molar-refractivity contribution >= 4 is 29.9 Å². The van der Waals surface area contributed by atoms with Gasteiger partial charge in [-0.1, -0.05) is 32.0 Å². The van der Waals surface area contributed by atoms with Crippen LogP contribution < -0.4 is 16.0 Å². The molecule has 0 fully saturated rings. The van der Waals surface area contributed by atoms with E-state index in [9.17, 15) is 9.59 Å². The second kappa shape index (κ2) is 10.1. The minimum Gasteiger partial charge on any atom is -0.376 e. The van der Waals surface area contributed by atoms with E-state index in [4.69, 9.17) is 0 Å². The summed E-state index contributed by atoms with van der Waals surface area (Å²) in [5.41, 5.74) is 0.908. The van der Waals surface area contributed by atoms with Crippen LogP contribution in [0.3, 0.4) is 0 Å². The van der Waals surface area contributed by atoms with E-state index in [1.165, 1.54) is 0 Å². The highest BCUT2D eigenvalue weighted by Crippen LogP contribution is 2.03. The lowest BCUT2D eigenvalue weighted by atomic mass is 10.2. The molecule has 0 aliphatic carbocycles. The van der Waals surface area contributed by atoms with Gasteiger partial charge in [-0.05, 0) is 12.1 Å². The van der Waals surface area contributed by atoms with Crippen LogP contribution in [0.25, 0.3) is 0 Å². The van der Waals surface area contributed by atoms with Gasteiger partial charge < -0.3 is 16.0 Å². The van der Waals surface area contributed by atoms with Gasteiger partial charge in [-0.3, -0.25) is 9.59 Å². The second-order valence-corrected chi connectivity index (χ2v) is 4.52. The number of benzene rings is 1. The topological polar surface area (TPSA) is 70.2 Å². The second-order valence-electron chi connectivity index (χ2n) is 4.52. The summed E-state index contributed by atoms with van der Waals surface area (Å²) in [4.78, 5) is 22.8. The fraction of sp³-hybridized carbons (Fsp3) is 0.429. The molecule has 112 valence electrons. The van der Waals surface area contributed by atoms with Crippen LogP contribution in [-0.2, 0) is 9.59 Å². The van der Waals surface area contributed by atoms with Crippen LogP contribution in [0.15, 0.2) is 30.3 Å². The van der Waals surface area contributed by atoms with E-state index >= 15 is 0 Å². The maximum atomic E-state index is 11.5. The first kappa shape index (κ1) is 18.2. The third kappa shape index (κ3) is 7.63. The molecule has 0 bridgehead atoms. The number of hydrogen-bond donors (Lipinski definition) is 3. The molecule has 3 N–H and O–H groups in total. The molecule has 1 rings (SSSR count). The Hall–Kier alpha value is -1.75. The van der Waals surface area contributed by atoms with Crippen molar-refractivity contribution in [3.05, 3.63) is 30.3 Å². The van der Waals surface area contributed by atoms with Crippen LogP contribution in [-0.4, -0.2) is 31.4 Å². The quantitative estimate of drug-likeness (QED) is 0.667. The maximum absolute atomic E-state index is 11.5. The molecule has 20 heavy (non-hydrogen) atoms. The van der Waals surface area contributed by atoms with Gasteiger partial charge in [0.1, 0.15) is 0 Å². The highest BCUT2D eigenvalue weighted by atomic mass is 35.5. The Labute approximate surface area is 125 Å². The predicted octanol–water partition coefficient (Wildman–Crippen LogP) is 1.41. The van der Waals surface area contributed by atoms with Crippen LogP contribution in [0.4, 0.5) is 5.69 Å². The minimum atomic E-state index is -0.0948. The molecule has 0 radical (unpaired) electrons. The van der Waals surface area contributed by atoms with Crippen molar-refractivity contribution in [2.45, 2.75) is 13.8 Å². The van der Waals surface area contributed by atoms with Crippen molar-refractivity contribution in [3.63, 3.8) is 0 Å². The molecule has 0 heterocycles. The maximum Gasteiger partial charge on any atom is 0.239 e. The van der Waals surface area contributed by atoms with Crippen molar-refractivity contribution in [1.29, 1.82) is 0 Å². The van der Waals surface area contributed by atoms with E-state index in [1.807, 2.05) is 44.2 Å². The van der Waals surface area contributed by atoms with E-state index < -0.39 is 0 Å². The zero-order valence-corrected chi connectivity index (χ0v) is 12.6. The van der Waals surface area contributed by atoms with Crippen molar-refractivity contribution in [3.8, 4) is 0 Å². The van der Waals surface area contributed by atoms with Gasteiger partial charge in [-0.25, -0.2) is 0 Å². The molecule has 1 aromatic carbocycles. The van der Waals surface area contributed by atoms with Gasteiger partial charge in [0.15, 0.2) is 0 Å². The number of hydrogen-bond acceptors (Lipinski definition) is 3. The van der Waals surface area contributed by atoms with E-state index in [-0.39, 0.29) is 36.7 Å². The minimum absolute atomic E-state index is 0. The van der Waals surface area contributed by atoms with E-state index in [0.717, 1.165) is 5.69 Å². The largest absolute Gasteiger partial charge is 0.376 e. The molecule has 0 aliphatic heterocycles. The molecular formula is C14H22ClN3O2. The number of para-hydroxylation sites is 1. The Morgan fingerprint density at radius 1 is 1.05 bits per heavy atom. The van der Waals surface area contributed by atoms with Gasteiger partial charge in [0.05, 0.1) is 6.54 Å². The Balaban J connectivity index is 0.00000361. The van der Waals surface area contributed by atoms with Gasteiger partial charge in [-0.2, -0.15) is 0 Å². The lowest BCUT2D eigenvalue weighted by Gasteiger charge is -2.09. The zero-order valence-electron chi connectivity index (χ0n) is 11.8. The first-order chi connectivity index (χ1) is 9.09. The number of carbonyl (C=O) groups excluding carboxylic acids is 2. The normalized spacial score (nSPS) is 9.55. The Morgan fingerprint density at radius 2 is 1.65 bits per heavy atom. The average molecular weight is 300 g/mol. The standard InChI is InChI=1S/C14H21N3O2.ClH/c1-11(2)14(19)16-9-8-15-13(18)10-17-12-6-4-3-5-7-12;/h3-7,11,17H,8-10H2,1-2H3,(H,15,18)(H,16,19);1H. The third-order valence-electron chi connectivity index (χ3n) is 2.50. The van der Waals surface area contributed by atoms with Crippen LogP contribution in [0.2, 0.25) is 0 Å². The Morgan fingerprint density at radius 3 is 2.25 bits per heavy atom. The molecule has 0 saturated carbocycles. The van der Waals surface area contributed by atoms with Crippen molar-refractivity contribution in [2.75, 3.05) is 25.0 Å². The Kier molecular flexibility index (Phi) is 9.20. The average Bonchev–Trinajstić information content (AvgIpc) is 2.42. The SMILES string of the molecule is CC(C)C(=O)NCCNC(=O)CNc1ccccc1.Cl. The van der Waals surface area contributed by atoms with Gasteiger partial charge in [0, 0.05) is 24.7 Å². The number of anilines is 1. The van der Waals surface area contributed by atoms with Crippen molar-refractivity contribution < 1.29 is 9.59 Å². The van der Waals surface area contributed by atoms with Crippen LogP contribution in [0.1, 0.15) is 13.8 Å². The van der Waals surface area contributed by atoms with Gasteiger partial charge in [0.25, 0.3) is 0 Å². The molecule has 0 spiro atoms. The van der Waals surface area contributed by atoms with Crippen molar-refractivity contribution in [1.82, 2.24) is 10.6 Å². The van der Waals surface area contributed by atoms with E-state index in [0.29, 0.717) is 13.1 Å². The fourth-order valence-electron chi connectivity index (χ4n) is 1.39. The van der Waals surface area contributed by atoms with E-state index in [1.54, 1.807) is 0 Å². The Bertz CT molecular complexity index is 410. The molecule has 5 nitrogen and oxygen atoms in total. The number of amides is 2. The fourth-order valence-corrected chi connectivity index (χ4v) is 1.39. The molecule has 2 amide bonds. The molecule has 0 aromatic heterocycles. The first-order valence-electron chi connectivity index (χ1n) is 6.43. The van der Waals surface area contributed by atoms with Crippen LogP contribution in [0.5, 0.6) is 0 Å². The van der Waals surface area contributed by atoms with Crippen LogP contribution >= 0.6 is 12.4 Å². The molecule has 1 aromatic rings. The van der Waals surface area contributed by atoms with Gasteiger partial charge in [0.2, 0.25) is 11.8 Å². The van der Waals surface area contributed by atoms with Gasteiger partial charge >= 0.3 is 0 Å². The number of rotatable bonds is 7. The smallest absolute Gasteiger partial charge is 0.239 e. The summed E-state index contributed by atoms with van der Waals surface area (Å²) < 4.78 is 0. The van der Waals surface area contributed by atoms with Crippen molar-refractivity contribution in [2.24, 2.45) is 5.92 Å². The summed E-state index contributed by atoms with van der Waals surface area (Å²) in [6, 6.07) is 9.53. The monoisotopic (exact) mass is 299 g/mol. The molecule has 0 unspecified atom stereocenters. The highest BCUT2D eigenvalue weighted by molar-refractivity contribution is 5.85.